The number of anilines is 2. The first-order chi connectivity index (χ1) is 9.02. The molecule has 0 saturated carbocycles. The van der Waals surface area contributed by atoms with Gasteiger partial charge >= 0.3 is 0 Å². The minimum Gasteiger partial charge on any atom is -0.373 e. The monoisotopic (exact) mass is 262 g/mol. The number of aromatic nitrogens is 2. The summed E-state index contributed by atoms with van der Waals surface area (Å²) in [6.07, 6.45) is 2.55. The average Bonchev–Trinajstić information content (AvgIpc) is 2.41. The molecule has 1 N–H and O–H groups in total. The van der Waals surface area contributed by atoms with Gasteiger partial charge in [0, 0.05) is 25.7 Å². The molecule has 0 aromatic carbocycles. The highest BCUT2D eigenvalue weighted by atomic mass is 15.2. The van der Waals surface area contributed by atoms with Crippen molar-refractivity contribution in [1.29, 1.82) is 0 Å². The first-order valence-corrected chi connectivity index (χ1v) is 7.31. The van der Waals surface area contributed by atoms with E-state index in [1.807, 2.05) is 14.0 Å². The summed E-state index contributed by atoms with van der Waals surface area (Å²) in [4.78, 5) is 11.5. The van der Waals surface area contributed by atoms with E-state index >= 15 is 0 Å². The Kier molecular flexibility index (Phi) is 4.27. The fourth-order valence-corrected chi connectivity index (χ4v) is 2.94. The molecule has 0 spiro atoms. The SMILES string of the molecule is CNc1nc(C)nc(N2CCC(C(C)C)CC2)c1C. The summed E-state index contributed by atoms with van der Waals surface area (Å²) in [6, 6.07) is 0. The summed E-state index contributed by atoms with van der Waals surface area (Å²) in [5.74, 6) is 4.56. The number of nitrogens with one attached hydrogen (secondary N) is 1. The molecule has 0 amide bonds. The zero-order valence-electron chi connectivity index (χ0n) is 12.8. The summed E-state index contributed by atoms with van der Waals surface area (Å²) in [7, 11) is 1.92. The molecular formula is C15H26N4. The van der Waals surface area contributed by atoms with Crippen LogP contribution in [0.4, 0.5) is 11.6 Å². The van der Waals surface area contributed by atoms with Crippen molar-refractivity contribution < 1.29 is 0 Å². The van der Waals surface area contributed by atoms with Crippen LogP contribution in [0, 0.1) is 25.7 Å². The van der Waals surface area contributed by atoms with Crippen LogP contribution in [0.3, 0.4) is 0 Å². The average molecular weight is 262 g/mol. The predicted octanol–water partition coefficient (Wildman–Crippen LogP) is 3.01. The van der Waals surface area contributed by atoms with Crippen LogP contribution in [0.1, 0.15) is 38.1 Å². The summed E-state index contributed by atoms with van der Waals surface area (Å²) in [5, 5.41) is 3.16. The van der Waals surface area contributed by atoms with Crippen molar-refractivity contribution in [2.45, 2.75) is 40.5 Å². The molecule has 0 radical (unpaired) electrons. The fraction of sp³-hybridized carbons (Fsp3) is 0.733. The van der Waals surface area contributed by atoms with Gasteiger partial charge in [-0.3, -0.25) is 0 Å². The molecule has 1 fully saturated rings. The Morgan fingerprint density at radius 2 is 1.79 bits per heavy atom. The highest BCUT2D eigenvalue weighted by Crippen LogP contribution is 2.30. The molecule has 1 aliphatic heterocycles. The standard InChI is InChI=1S/C15H26N4/c1-10(2)13-6-8-19(9-7-13)15-11(3)14(16-5)17-12(4)18-15/h10,13H,6-9H2,1-5H3,(H,16,17,18). The van der Waals surface area contributed by atoms with Gasteiger partial charge in [0.2, 0.25) is 0 Å². The third kappa shape index (κ3) is 2.99. The number of hydrogen-bond acceptors (Lipinski definition) is 4. The molecule has 0 bridgehead atoms. The van der Waals surface area contributed by atoms with E-state index in [1.54, 1.807) is 0 Å². The first-order valence-electron chi connectivity index (χ1n) is 7.31. The maximum atomic E-state index is 4.65. The molecule has 0 atom stereocenters. The van der Waals surface area contributed by atoms with Crippen molar-refractivity contribution in [3.63, 3.8) is 0 Å². The van der Waals surface area contributed by atoms with E-state index in [0.717, 1.165) is 47.9 Å². The van der Waals surface area contributed by atoms with E-state index in [0.29, 0.717) is 0 Å². The number of aryl methyl sites for hydroxylation is 1. The smallest absolute Gasteiger partial charge is 0.137 e. The Morgan fingerprint density at radius 3 is 2.32 bits per heavy atom. The van der Waals surface area contributed by atoms with Crippen molar-refractivity contribution in [2.24, 2.45) is 11.8 Å². The predicted molar refractivity (Wildman–Crippen MR) is 80.8 cm³/mol. The van der Waals surface area contributed by atoms with E-state index in [-0.39, 0.29) is 0 Å². The Bertz CT molecular complexity index is 434. The topological polar surface area (TPSA) is 41.1 Å². The van der Waals surface area contributed by atoms with Crippen LogP contribution in [0.15, 0.2) is 0 Å². The fourth-order valence-electron chi connectivity index (χ4n) is 2.94. The molecule has 1 aromatic rings. The van der Waals surface area contributed by atoms with Crippen molar-refractivity contribution >= 4 is 11.6 Å². The molecule has 1 saturated heterocycles. The van der Waals surface area contributed by atoms with Gasteiger partial charge < -0.3 is 10.2 Å². The van der Waals surface area contributed by atoms with Crippen LogP contribution in [0.25, 0.3) is 0 Å². The van der Waals surface area contributed by atoms with Gasteiger partial charge in [-0.2, -0.15) is 0 Å². The van der Waals surface area contributed by atoms with Gasteiger partial charge in [0.1, 0.15) is 17.5 Å². The number of piperidine rings is 1. The molecule has 0 unspecified atom stereocenters. The summed E-state index contributed by atoms with van der Waals surface area (Å²) in [5.41, 5.74) is 1.16. The Morgan fingerprint density at radius 1 is 1.16 bits per heavy atom. The van der Waals surface area contributed by atoms with Crippen molar-refractivity contribution in [3.8, 4) is 0 Å². The highest BCUT2D eigenvalue weighted by molar-refractivity contribution is 5.58. The van der Waals surface area contributed by atoms with Gasteiger partial charge in [-0.1, -0.05) is 13.8 Å². The lowest BCUT2D eigenvalue weighted by Crippen LogP contribution is -2.36. The van der Waals surface area contributed by atoms with Crippen molar-refractivity contribution in [2.75, 3.05) is 30.4 Å². The van der Waals surface area contributed by atoms with Crippen molar-refractivity contribution in [1.82, 2.24) is 9.97 Å². The minimum absolute atomic E-state index is 0.795. The minimum atomic E-state index is 0.795. The molecule has 1 aliphatic rings. The molecule has 4 nitrogen and oxygen atoms in total. The number of hydrogen-bond donors (Lipinski definition) is 1. The van der Waals surface area contributed by atoms with E-state index in [2.05, 4.69) is 41.0 Å². The van der Waals surface area contributed by atoms with Crippen LogP contribution in [-0.2, 0) is 0 Å². The quantitative estimate of drug-likeness (QED) is 0.909. The zero-order chi connectivity index (χ0) is 14.0. The van der Waals surface area contributed by atoms with Gasteiger partial charge in [0.25, 0.3) is 0 Å². The second-order valence-corrected chi connectivity index (χ2v) is 5.89. The normalized spacial score (nSPS) is 17.1. The molecule has 0 aliphatic carbocycles. The Balaban J connectivity index is 2.17. The van der Waals surface area contributed by atoms with E-state index < -0.39 is 0 Å². The van der Waals surface area contributed by atoms with E-state index in [9.17, 15) is 0 Å². The molecule has 2 heterocycles. The molecule has 2 rings (SSSR count). The van der Waals surface area contributed by atoms with Crippen LogP contribution in [0.5, 0.6) is 0 Å². The van der Waals surface area contributed by atoms with Gasteiger partial charge in [-0.05, 0) is 38.5 Å². The zero-order valence-corrected chi connectivity index (χ0v) is 12.8. The van der Waals surface area contributed by atoms with Crippen LogP contribution >= 0.6 is 0 Å². The largest absolute Gasteiger partial charge is 0.373 e. The van der Waals surface area contributed by atoms with E-state index in [1.165, 1.54) is 12.8 Å². The summed E-state index contributed by atoms with van der Waals surface area (Å²) < 4.78 is 0. The van der Waals surface area contributed by atoms with Gasteiger partial charge in [-0.15, -0.1) is 0 Å². The van der Waals surface area contributed by atoms with Gasteiger partial charge in [0.15, 0.2) is 0 Å². The van der Waals surface area contributed by atoms with Gasteiger partial charge in [0.05, 0.1) is 0 Å². The lowest BCUT2D eigenvalue weighted by Gasteiger charge is -2.35. The first kappa shape index (κ1) is 14.1. The van der Waals surface area contributed by atoms with Crippen LogP contribution < -0.4 is 10.2 Å². The number of rotatable bonds is 3. The third-order valence-electron chi connectivity index (χ3n) is 4.25. The Labute approximate surface area is 116 Å². The van der Waals surface area contributed by atoms with E-state index in [4.69, 9.17) is 0 Å². The second kappa shape index (κ2) is 5.76. The summed E-state index contributed by atoms with van der Waals surface area (Å²) >= 11 is 0. The number of nitrogens with zero attached hydrogens (tertiary/aromatic N) is 3. The van der Waals surface area contributed by atoms with Crippen LogP contribution in [-0.4, -0.2) is 30.1 Å². The van der Waals surface area contributed by atoms with Crippen LogP contribution in [0.2, 0.25) is 0 Å². The second-order valence-electron chi connectivity index (χ2n) is 5.89. The highest BCUT2D eigenvalue weighted by Gasteiger charge is 2.24. The molecule has 106 valence electrons. The lowest BCUT2D eigenvalue weighted by molar-refractivity contribution is 0.310. The molecular weight excluding hydrogens is 236 g/mol. The Hall–Kier alpha value is -1.32. The lowest BCUT2D eigenvalue weighted by atomic mass is 9.86. The van der Waals surface area contributed by atoms with Gasteiger partial charge in [-0.25, -0.2) is 9.97 Å². The maximum absolute atomic E-state index is 4.65. The maximum Gasteiger partial charge on any atom is 0.137 e. The molecule has 19 heavy (non-hydrogen) atoms. The molecule has 4 heteroatoms. The molecule has 1 aromatic heterocycles. The van der Waals surface area contributed by atoms with Crippen molar-refractivity contribution in [3.05, 3.63) is 11.4 Å². The third-order valence-corrected chi connectivity index (χ3v) is 4.25. The summed E-state index contributed by atoms with van der Waals surface area (Å²) in [6.45, 7) is 11.0.